The largest absolute Gasteiger partial charge is 0.376 e. The molecule has 0 saturated carbocycles. The van der Waals surface area contributed by atoms with Crippen molar-refractivity contribution in [1.29, 1.82) is 0 Å². The lowest BCUT2D eigenvalue weighted by atomic mass is 9.85. The summed E-state index contributed by atoms with van der Waals surface area (Å²) in [6, 6.07) is 0. The Labute approximate surface area is 154 Å². The summed E-state index contributed by atoms with van der Waals surface area (Å²) in [4.78, 5) is 26.2. The van der Waals surface area contributed by atoms with Gasteiger partial charge in [0.25, 0.3) is 0 Å². The molecule has 3 heterocycles. The summed E-state index contributed by atoms with van der Waals surface area (Å²) in [5.41, 5.74) is 1.52. The Morgan fingerprint density at radius 1 is 1.42 bits per heavy atom. The van der Waals surface area contributed by atoms with E-state index in [2.05, 4.69) is 29.4 Å². The Kier molecular flexibility index (Phi) is 5.65. The third-order valence-electron chi connectivity index (χ3n) is 5.42. The first-order valence-corrected chi connectivity index (χ1v) is 9.56. The molecular weight excluding hydrogens is 332 g/mol. The number of nitrogens with zero attached hydrogens (tertiary/aromatic N) is 2. The average molecular weight is 362 g/mol. The summed E-state index contributed by atoms with van der Waals surface area (Å²) in [7, 11) is 0. The van der Waals surface area contributed by atoms with Crippen molar-refractivity contribution in [1.82, 2.24) is 15.1 Å². The summed E-state index contributed by atoms with van der Waals surface area (Å²) in [5.74, 6) is 0.702. The second kappa shape index (κ2) is 7.78. The fraction of sp³-hybridized carbons (Fsp3) is 0.737. The van der Waals surface area contributed by atoms with Crippen molar-refractivity contribution in [3.05, 3.63) is 11.9 Å². The molecule has 2 N–H and O–H groups in total. The summed E-state index contributed by atoms with van der Waals surface area (Å²) in [6.45, 7) is 7.92. The first kappa shape index (κ1) is 18.9. The van der Waals surface area contributed by atoms with E-state index >= 15 is 0 Å². The van der Waals surface area contributed by atoms with Gasteiger partial charge in [0, 0.05) is 39.0 Å². The van der Waals surface area contributed by atoms with Crippen molar-refractivity contribution in [3.63, 3.8) is 0 Å². The summed E-state index contributed by atoms with van der Waals surface area (Å²) in [6.07, 6.45) is 6.09. The SMILES string of the molecule is CC(=O)Nc1cn[nH]c1C1CCCN(C(=O)CC2CCOC(C)(C)C2)C1. The van der Waals surface area contributed by atoms with Crippen molar-refractivity contribution in [2.75, 3.05) is 25.0 Å². The van der Waals surface area contributed by atoms with E-state index < -0.39 is 0 Å². The fourth-order valence-electron chi connectivity index (χ4n) is 4.24. The number of likely N-dealkylation sites (tertiary alicyclic amines) is 1. The van der Waals surface area contributed by atoms with E-state index in [1.807, 2.05) is 4.90 Å². The van der Waals surface area contributed by atoms with Crippen LogP contribution in [-0.2, 0) is 14.3 Å². The maximum Gasteiger partial charge on any atom is 0.222 e. The monoisotopic (exact) mass is 362 g/mol. The molecule has 2 unspecified atom stereocenters. The molecule has 0 bridgehead atoms. The van der Waals surface area contributed by atoms with Gasteiger partial charge >= 0.3 is 0 Å². The van der Waals surface area contributed by atoms with Gasteiger partial charge in [0.2, 0.25) is 11.8 Å². The van der Waals surface area contributed by atoms with Crippen molar-refractivity contribution in [3.8, 4) is 0 Å². The smallest absolute Gasteiger partial charge is 0.222 e. The molecular formula is C19H30N4O3. The topological polar surface area (TPSA) is 87.3 Å². The van der Waals surface area contributed by atoms with Crippen molar-refractivity contribution in [2.45, 2.75) is 64.4 Å². The number of aromatic amines is 1. The maximum atomic E-state index is 12.8. The fourth-order valence-corrected chi connectivity index (χ4v) is 4.24. The first-order valence-electron chi connectivity index (χ1n) is 9.56. The van der Waals surface area contributed by atoms with Crippen LogP contribution >= 0.6 is 0 Å². The number of hydrogen-bond acceptors (Lipinski definition) is 4. The molecule has 2 atom stereocenters. The lowest BCUT2D eigenvalue weighted by Gasteiger charge is -2.37. The van der Waals surface area contributed by atoms with Gasteiger partial charge in [0.1, 0.15) is 0 Å². The van der Waals surface area contributed by atoms with Crippen molar-refractivity contribution in [2.24, 2.45) is 5.92 Å². The highest BCUT2D eigenvalue weighted by Gasteiger charge is 2.33. The number of carbonyl (C=O) groups excluding carboxylic acids is 2. The van der Waals surface area contributed by atoms with Crippen LogP contribution in [0.1, 0.15) is 64.5 Å². The first-order chi connectivity index (χ1) is 12.3. The molecule has 144 valence electrons. The van der Waals surface area contributed by atoms with Crippen LogP contribution in [0, 0.1) is 5.92 Å². The third kappa shape index (κ3) is 4.63. The predicted molar refractivity (Wildman–Crippen MR) is 98.8 cm³/mol. The molecule has 0 spiro atoms. The van der Waals surface area contributed by atoms with Crippen LogP contribution < -0.4 is 5.32 Å². The summed E-state index contributed by atoms with van der Waals surface area (Å²) in [5, 5.41) is 9.91. The molecule has 7 heteroatoms. The van der Waals surface area contributed by atoms with Gasteiger partial charge < -0.3 is 15.0 Å². The maximum absolute atomic E-state index is 12.8. The standard InChI is InChI=1S/C19H30N4O3/c1-13(24)21-16-11-20-22-18(16)15-5-4-7-23(12-15)17(25)9-14-6-8-26-19(2,3)10-14/h11,14-15H,4-10,12H2,1-3H3,(H,20,22)(H,21,24). The molecule has 2 aliphatic rings. The van der Waals surface area contributed by atoms with E-state index in [0.717, 1.165) is 50.2 Å². The molecule has 0 radical (unpaired) electrons. The van der Waals surface area contributed by atoms with Crippen molar-refractivity contribution < 1.29 is 14.3 Å². The van der Waals surface area contributed by atoms with Crippen LogP contribution in [0.15, 0.2) is 6.20 Å². The minimum atomic E-state index is -0.128. The van der Waals surface area contributed by atoms with Gasteiger partial charge in [-0.2, -0.15) is 5.10 Å². The second-order valence-corrected chi connectivity index (χ2v) is 8.23. The lowest BCUT2D eigenvalue weighted by Crippen LogP contribution is -2.42. The molecule has 1 aromatic heterocycles. The van der Waals surface area contributed by atoms with Crippen LogP contribution in [-0.4, -0.2) is 52.2 Å². The molecule has 26 heavy (non-hydrogen) atoms. The minimum Gasteiger partial charge on any atom is -0.376 e. The number of rotatable bonds is 4. The van der Waals surface area contributed by atoms with Gasteiger partial charge in [-0.05, 0) is 45.4 Å². The molecule has 3 rings (SSSR count). The summed E-state index contributed by atoms with van der Waals surface area (Å²) < 4.78 is 5.76. The normalized spacial score (nSPS) is 25.7. The highest BCUT2D eigenvalue weighted by molar-refractivity contribution is 5.89. The molecule has 2 amide bonds. The number of ether oxygens (including phenoxy) is 1. The Morgan fingerprint density at radius 3 is 2.96 bits per heavy atom. The highest BCUT2D eigenvalue weighted by atomic mass is 16.5. The Bertz CT molecular complexity index is 655. The van der Waals surface area contributed by atoms with Crippen molar-refractivity contribution >= 4 is 17.5 Å². The van der Waals surface area contributed by atoms with Crippen LogP contribution in [0.5, 0.6) is 0 Å². The van der Waals surface area contributed by atoms with Crippen LogP contribution in [0.2, 0.25) is 0 Å². The van der Waals surface area contributed by atoms with E-state index in [4.69, 9.17) is 4.74 Å². The highest BCUT2D eigenvalue weighted by Crippen LogP contribution is 2.33. The average Bonchev–Trinajstić information content (AvgIpc) is 3.01. The van der Waals surface area contributed by atoms with Crippen LogP contribution in [0.4, 0.5) is 5.69 Å². The van der Waals surface area contributed by atoms with Crippen LogP contribution in [0.25, 0.3) is 0 Å². The van der Waals surface area contributed by atoms with Gasteiger partial charge in [-0.15, -0.1) is 0 Å². The zero-order valence-corrected chi connectivity index (χ0v) is 16.0. The zero-order valence-electron chi connectivity index (χ0n) is 16.0. The van der Waals surface area contributed by atoms with E-state index in [9.17, 15) is 9.59 Å². The number of aromatic nitrogens is 2. The Hall–Kier alpha value is -1.89. The van der Waals surface area contributed by atoms with Gasteiger partial charge in [0.15, 0.2) is 0 Å². The zero-order chi connectivity index (χ0) is 18.7. The quantitative estimate of drug-likeness (QED) is 0.862. The molecule has 2 aliphatic heterocycles. The number of amides is 2. The molecule has 7 nitrogen and oxygen atoms in total. The number of carbonyl (C=O) groups is 2. The van der Waals surface area contributed by atoms with E-state index in [1.54, 1.807) is 6.20 Å². The number of H-pyrrole nitrogens is 1. The number of piperidine rings is 1. The van der Waals surface area contributed by atoms with Gasteiger partial charge in [0.05, 0.1) is 23.2 Å². The van der Waals surface area contributed by atoms with E-state index in [1.165, 1.54) is 6.92 Å². The lowest BCUT2D eigenvalue weighted by molar-refractivity contribution is -0.136. The molecule has 0 aliphatic carbocycles. The number of anilines is 1. The second-order valence-electron chi connectivity index (χ2n) is 8.23. The van der Waals surface area contributed by atoms with E-state index in [-0.39, 0.29) is 23.3 Å². The van der Waals surface area contributed by atoms with Gasteiger partial charge in [-0.25, -0.2) is 0 Å². The molecule has 1 aromatic rings. The summed E-state index contributed by atoms with van der Waals surface area (Å²) >= 11 is 0. The third-order valence-corrected chi connectivity index (χ3v) is 5.42. The predicted octanol–water partition coefficient (Wildman–Crippen LogP) is 2.67. The number of nitrogens with one attached hydrogen (secondary N) is 2. The Morgan fingerprint density at radius 2 is 2.23 bits per heavy atom. The van der Waals surface area contributed by atoms with E-state index in [0.29, 0.717) is 18.9 Å². The molecule has 2 fully saturated rings. The Balaban J connectivity index is 1.60. The molecule has 2 saturated heterocycles. The molecule has 0 aromatic carbocycles. The van der Waals surface area contributed by atoms with Gasteiger partial charge in [-0.3, -0.25) is 14.7 Å². The van der Waals surface area contributed by atoms with Crippen LogP contribution in [0.3, 0.4) is 0 Å². The number of hydrogen-bond donors (Lipinski definition) is 2. The van der Waals surface area contributed by atoms with Gasteiger partial charge in [-0.1, -0.05) is 0 Å². The minimum absolute atomic E-state index is 0.112.